The molecule has 0 aliphatic rings. The van der Waals surface area contributed by atoms with Crippen LogP contribution in [-0.2, 0) is 6.54 Å². The Morgan fingerprint density at radius 3 is 2.40 bits per heavy atom. The molecular formula is C13H12BrN3O3. The van der Waals surface area contributed by atoms with E-state index in [9.17, 15) is 9.59 Å². The van der Waals surface area contributed by atoms with Crippen LogP contribution in [0.2, 0.25) is 0 Å². The van der Waals surface area contributed by atoms with Gasteiger partial charge in [0, 0.05) is 12.2 Å². The number of primary amides is 1. The molecule has 1 heterocycles. The van der Waals surface area contributed by atoms with E-state index in [1.807, 2.05) is 0 Å². The number of carbonyl (C=O) groups is 2. The Kier molecular flexibility index (Phi) is 4.41. The second-order valence-corrected chi connectivity index (χ2v) is 4.75. The number of carbonyl (C=O) groups excluding carboxylic acids is 2. The molecular weight excluding hydrogens is 326 g/mol. The van der Waals surface area contributed by atoms with Gasteiger partial charge in [0.1, 0.15) is 0 Å². The molecule has 0 aliphatic heterocycles. The average Bonchev–Trinajstić information content (AvgIpc) is 2.84. The Bertz CT molecular complexity index is 622. The first-order chi connectivity index (χ1) is 9.54. The molecule has 0 bridgehead atoms. The fourth-order valence-electron chi connectivity index (χ4n) is 1.55. The average molecular weight is 338 g/mol. The van der Waals surface area contributed by atoms with Gasteiger partial charge in [0.2, 0.25) is 0 Å². The zero-order valence-electron chi connectivity index (χ0n) is 10.4. The summed E-state index contributed by atoms with van der Waals surface area (Å²) in [6.45, 7) is 0.355. The summed E-state index contributed by atoms with van der Waals surface area (Å²) in [6, 6.07) is 9.59. The van der Waals surface area contributed by atoms with Crippen molar-refractivity contribution >= 4 is 33.6 Å². The lowest BCUT2D eigenvalue weighted by atomic mass is 10.2. The van der Waals surface area contributed by atoms with Crippen LogP contribution in [0.1, 0.15) is 16.1 Å². The molecule has 2 rings (SSSR count). The van der Waals surface area contributed by atoms with Crippen LogP contribution in [0.4, 0.5) is 10.5 Å². The van der Waals surface area contributed by atoms with Crippen molar-refractivity contribution in [3.05, 3.63) is 52.4 Å². The van der Waals surface area contributed by atoms with Gasteiger partial charge in [-0.15, -0.1) is 0 Å². The summed E-state index contributed by atoms with van der Waals surface area (Å²) in [5.74, 6) is -0.0565. The van der Waals surface area contributed by atoms with Crippen molar-refractivity contribution < 1.29 is 14.0 Å². The molecule has 0 spiro atoms. The molecule has 2 aromatic rings. The molecule has 7 heteroatoms. The molecule has 20 heavy (non-hydrogen) atoms. The Morgan fingerprint density at radius 1 is 1.15 bits per heavy atom. The number of nitrogens with one attached hydrogen (secondary N) is 2. The van der Waals surface area contributed by atoms with E-state index in [0.717, 1.165) is 5.56 Å². The van der Waals surface area contributed by atoms with Crippen molar-refractivity contribution in [3.8, 4) is 0 Å². The van der Waals surface area contributed by atoms with Crippen LogP contribution < -0.4 is 16.4 Å². The summed E-state index contributed by atoms with van der Waals surface area (Å²) in [5, 5.41) is 5.18. The van der Waals surface area contributed by atoms with Crippen molar-refractivity contribution in [3.63, 3.8) is 0 Å². The van der Waals surface area contributed by atoms with E-state index in [1.54, 1.807) is 36.4 Å². The highest BCUT2D eigenvalue weighted by atomic mass is 79.9. The minimum absolute atomic E-state index is 0.240. The SMILES string of the molecule is NC(=O)Nc1ccc(CNC(=O)c2ccc(Br)o2)cc1. The lowest BCUT2D eigenvalue weighted by Crippen LogP contribution is -2.22. The second-order valence-electron chi connectivity index (χ2n) is 3.97. The number of anilines is 1. The van der Waals surface area contributed by atoms with E-state index >= 15 is 0 Å². The number of rotatable bonds is 4. The van der Waals surface area contributed by atoms with Gasteiger partial charge in [0.15, 0.2) is 10.4 Å². The van der Waals surface area contributed by atoms with Crippen LogP contribution in [0.15, 0.2) is 45.5 Å². The van der Waals surface area contributed by atoms with Crippen LogP contribution in [0.3, 0.4) is 0 Å². The summed E-state index contributed by atoms with van der Waals surface area (Å²) < 4.78 is 5.64. The van der Waals surface area contributed by atoms with Gasteiger partial charge >= 0.3 is 6.03 Å². The Balaban J connectivity index is 1.90. The number of halogens is 1. The molecule has 0 atom stereocenters. The molecule has 6 nitrogen and oxygen atoms in total. The lowest BCUT2D eigenvalue weighted by molar-refractivity contribution is 0.0922. The van der Waals surface area contributed by atoms with Crippen molar-refractivity contribution in [2.45, 2.75) is 6.54 Å². The highest BCUT2D eigenvalue weighted by molar-refractivity contribution is 9.10. The van der Waals surface area contributed by atoms with E-state index in [-0.39, 0.29) is 11.7 Å². The minimum atomic E-state index is -0.616. The Morgan fingerprint density at radius 2 is 1.85 bits per heavy atom. The molecule has 0 fully saturated rings. The number of urea groups is 1. The first-order valence-corrected chi connectivity index (χ1v) is 6.53. The number of hydrogen-bond acceptors (Lipinski definition) is 3. The Labute approximate surface area is 123 Å². The zero-order valence-corrected chi connectivity index (χ0v) is 11.9. The smallest absolute Gasteiger partial charge is 0.316 e. The molecule has 0 radical (unpaired) electrons. The molecule has 1 aromatic heterocycles. The maximum absolute atomic E-state index is 11.7. The van der Waals surface area contributed by atoms with Crippen LogP contribution >= 0.6 is 15.9 Å². The molecule has 0 saturated heterocycles. The van der Waals surface area contributed by atoms with Gasteiger partial charge in [-0.1, -0.05) is 12.1 Å². The topological polar surface area (TPSA) is 97.4 Å². The largest absolute Gasteiger partial charge is 0.444 e. The quantitative estimate of drug-likeness (QED) is 0.799. The third-order valence-electron chi connectivity index (χ3n) is 2.47. The third kappa shape index (κ3) is 3.86. The molecule has 0 aliphatic carbocycles. The monoisotopic (exact) mass is 337 g/mol. The molecule has 4 N–H and O–H groups in total. The summed E-state index contributed by atoms with van der Waals surface area (Å²) in [5.41, 5.74) is 6.49. The fraction of sp³-hybridized carbons (Fsp3) is 0.0769. The fourth-order valence-corrected chi connectivity index (χ4v) is 1.86. The summed E-state index contributed by atoms with van der Waals surface area (Å²) in [7, 11) is 0. The summed E-state index contributed by atoms with van der Waals surface area (Å²) in [4.78, 5) is 22.4. The van der Waals surface area contributed by atoms with E-state index in [4.69, 9.17) is 10.2 Å². The maximum Gasteiger partial charge on any atom is 0.316 e. The highest BCUT2D eigenvalue weighted by Gasteiger charge is 2.09. The number of nitrogens with two attached hydrogens (primary N) is 1. The predicted octanol–water partition coefficient (Wildman–Crippen LogP) is 2.46. The first-order valence-electron chi connectivity index (χ1n) is 5.73. The van der Waals surface area contributed by atoms with Crippen molar-refractivity contribution in [1.29, 1.82) is 0 Å². The second kappa shape index (κ2) is 6.25. The summed E-state index contributed by atoms with van der Waals surface area (Å²) in [6.07, 6.45) is 0. The third-order valence-corrected chi connectivity index (χ3v) is 2.90. The van der Waals surface area contributed by atoms with E-state index in [1.165, 1.54) is 0 Å². The maximum atomic E-state index is 11.7. The van der Waals surface area contributed by atoms with Crippen LogP contribution in [-0.4, -0.2) is 11.9 Å². The molecule has 1 aromatic carbocycles. The normalized spacial score (nSPS) is 10.1. The van der Waals surface area contributed by atoms with E-state index < -0.39 is 6.03 Å². The van der Waals surface area contributed by atoms with Crippen molar-refractivity contribution in [2.24, 2.45) is 5.73 Å². The number of benzene rings is 1. The van der Waals surface area contributed by atoms with Crippen LogP contribution in [0.25, 0.3) is 0 Å². The zero-order chi connectivity index (χ0) is 14.5. The van der Waals surface area contributed by atoms with Crippen LogP contribution in [0.5, 0.6) is 0 Å². The minimum Gasteiger partial charge on any atom is -0.444 e. The number of furan rings is 1. The van der Waals surface area contributed by atoms with Gasteiger partial charge in [-0.05, 0) is 45.8 Å². The van der Waals surface area contributed by atoms with Crippen molar-refractivity contribution in [1.82, 2.24) is 5.32 Å². The van der Waals surface area contributed by atoms with Crippen LogP contribution in [0, 0.1) is 0 Å². The first kappa shape index (κ1) is 14.1. The highest BCUT2D eigenvalue weighted by Crippen LogP contribution is 2.14. The van der Waals surface area contributed by atoms with Gasteiger partial charge in [-0.25, -0.2) is 4.79 Å². The summed E-state index contributed by atoms with van der Waals surface area (Å²) >= 11 is 3.13. The standard InChI is InChI=1S/C13H12BrN3O3/c14-11-6-5-10(20-11)12(18)16-7-8-1-3-9(4-2-8)17-13(15)19/h1-6H,7H2,(H,16,18)(H3,15,17,19). The molecule has 104 valence electrons. The van der Waals surface area contributed by atoms with Crippen molar-refractivity contribution in [2.75, 3.05) is 5.32 Å². The van der Waals surface area contributed by atoms with Gasteiger partial charge in [0.05, 0.1) is 0 Å². The number of amides is 3. The predicted molar refractivity (Wildman–Crippen MR) is 77.2 cm³/mol. The lowest BCUT2D eigenvalue weighted by Gasteiger charge is -2.05. The van der Waals surface area contributed by atoms with E-state index in [0.29, 0.717) is 16.9 Å². The molecule has 0 saturated carbocycles. The van der Waals surface area contributed by atoms with Gasteiger partial charge in [-0.3, -0.25) is 4.79 Å². The van der Waals surface area contributed by atoms with Gasteiger partial charge < -0.3 is 20.8 Å². The molecule has 0 unspecified atom stereocenters. The van der Waals surface area contributed by atoms with Gasteiger partial charge in [-0.2, -0.15) is 0 Å². The number of hydrogen-bond donors (Lipinski definition) is 3. The molecule has 3 amide bonds. The van der Waals surface area contributed by atoms with E-state index in [2.05, 4.69) is 26.6 Å². The Hall–Kier alpha value is -2.28. The van der Waals surface area contributed by atoms with Gasteiger partial charge in [0.25, 0.3) is 5.91 Å².